The Kier molecular flexibility index (Phi) is 4.10. The molecule has 1 aromatic heterocycles. The average Bonchev–Trinajstić information content (AvgIpc) is 2.79. The van der Waals surface area contributed by atoms with Crippen LogP contribution in [0.1, 0.15) is 25.5 Å². The summed E-state index contributed by atoms with van der Waals surface area (Å²) < 4.78 is 3.87. The highest BCUT2D eigenvalue weighted by molar-refractivity contribution is 7.10. The number of nitrogens with one attached hydrogen (secondary N) is 1. The SMILES string of the molecule is CC1CCC(C(N)=O)CN1Cc1nnsc1NN. The van der Waals surface area contributed by atoms with E-state index >= 15 is 0 Å². The summed E-state index contributed by atoms with van der Waals surface area (Å²) in [6.45, 7) is 3.46. The Hall–Kier alpha value is -1.25. The van der Waals surface area contributed by atoms with Gasteiger partial charge in [0.1, 0.15) is 10.7 Å². The second-order valence-electron chi connectivity index (χ2n) is 4.65. The number of carbonyl (C=O) groups excluding carboxylic acids is 1. The van der Waals surface area contributed by atoms with Crippen LogP contribution in [0.15, 0.2) is 0 Å². The molecule has 1 saturated heterocycles. The molecule has 18 heavy (non-hydrogen) atoms. The lowest BCUT2D eigenvalue weighted by Crippen LogP contribution is -2.45. The van der Waals surface area contributed by atoms with Gasteiger partial charge in [0.15, 0.2) is 0 Å². The first kappa shape index (κ1) is 13.2. The lowest BCUT2D eigenvalue weighted by molar-refractivity contribution is -0.124. The minimum absolute atomic E-state index is 0.0675. The predicted molar refractivity (Wildman–Crippen MR) is 69.5 cm³/mol. The fourth-order valence-corrected chi connectivity index (χ4v) is 2.73. The van der Waals surface area contributed by atoms with Crippen LogP contribution in [0.5, 0.6) is 0 Å². The molecule has 1 amide bonds. The van der Waals surface area contributed by atoms with E-state index in [1.165, 1.54) is 11.5 Å². The number of piperidine rings is 1. The molecule has 1 fully saturated rings. The van der Waals surface area contributed by atoms with Crippen molar-refractivity contribution in [3.05, 3.63) is 5.69 Å². The van der Waals surface area contributed by atoms with E-state index in [2.05, 4.69) is 26.8 Å². The molecule has 1 aliphatic heterocycles. The molecule has 0 aliphatic carbocycles. The smallest absolute Gasteiger partial charge is 0.221 e. The van der Waals surface area contributed by atoms with Gasteiger partial charge in [0.25, 0.3) is 0 Å². The third kappa shape index (κ3) is 2.77. The molecule has 2 atom stereocenters. The number of hydrogen-bond acceptors (Lipinski definition) is 7. The van der Waals surface area contributed by atoms with Crippen LogP contribution in [-0.4, -0.2) is 33.0 Å². The van der Waals surface area contributed by atoms with Crippen LogP contribution in [0.4, 0.5) is 5.00 Å². The molecule has 100 valence electrons. The Morgan fingerprint density at radius 3 is 3.06 bits per heavy atom. The summed E-state index contributed by atoms with van der Waals surface area (Å²) in [6.07, 6.45) is 1.83. The van der Waals surface area contributed by atoms with Crippen LogP contribution in [0, 0.1) is 5.92 Å². The largest absolute Gasteiger partial charge is 0.369 e. The number of hydrazine groups is 1. The second-order valence-corrected chi connectivity index (χ2v) is 5.40. The molecular formula is C10H18N6OS. The highest BCUT2D eigenvalue weighted by atomic mass is 32.1. The zero-order valence-corrected chi connectivity index (χ0v) is 11.1. The van der Waals surface area contributed by atoms with Gasteiger partial charge < -0.3 is 11.2 Å². The first-order valence-corrected chi connectivity index (χ1v) is 6.70. The molecule has 5 N–H and O–H groups in total. The van der Waals surface area contributed by atoms with E-state index in [4.69, 9.17) is 11.6 Å². The van der Waals surface area contributed by atoms with Crippen molar-refractivity contribution in [1.82, 2.24) is 14.5 Å². The number of amides is 1. The Labute approximate surface area is 110 Å². The van der Waals surface area contributed by atoms with Crippen molar-refractivity contribution in [2.75, 3.05) is 12.0 Å². The molecule has 2 heterocycles. The highest BCUT2D eigenvalue weighted by Crippen LogP contribution is 2.25. The highest BCUT2D eigenvalue weighted by Gasteiger charge is 2.29. The maximum absolute atomic E-state index is 11.3. The van der Waals surface area contributed by atoms with Gasteiger partial charge in [0.05, 0.1) is 5.92 Å². The number of hydrogen-bond donors (Lipinski definition) is 3. The molecule has 8 heteroatoms. The molecule has 0 bridgehead atoms. The summed E-state index contributed by atoms with van der Waals surface area (Å²) in [4.78, 5) is 13.5. The van der Waals surface area contributed by atoms with Gasteiger partial charge in [-0.15, -0.1) is 5.10 Å². The van der Waals surface area contributed by atoms with Crippen molar-refractivity contribution in [2.45, 2.75) is 32.4 Å². The third-order valence-corrected chi connectivity index (χ3v) is 4.15. The van der Waals surface area contributed by atoms with E-state index in [0.29, 0.717) is 19.1 Å². The minimum atomic E-state index is -0.222. The van der Waals surface area contributed by atoms with Crippen molar-refractivity contribution in [3.63, 3.8) is 0 Å². The first-order chi connectivity index (χ1) is 8.61. The summed E-state index contributed by atoms with van der Waals surface area (Å²) >= 11 is 1.23. The number of primary amides is 1. The van der Waals surface area contributed by atoms with Crippen LogP contribution in [0.25, 0.3) is 0 Å². The number of aromatic nitrogens is 2. The van der Waals surface area contributed by atoms with Crippen LogP contribution in [0.2, 0.25) is 0 Å². The molecule has 7 nitrogen and oxygen atoms in total. The maximum atomic E-state index is 11.3. The summed E-state index contributed by atoms with van der Waals surface area (Å²) in [6, 6.07) is 0.410. The number of likely N-dealkylation sites (tertiary alicyclic amines) is 1. The fraction of sp³-hybridized carbons (Fsp3) is 0.700. The van der Waals surface area contributed by atoms with E-state index in [1.54, 1.807) is 0 Å². The monoisotopic (exact) mass is 270 g/mol. The molecule has 1 aromatic rings. The predicted octanol–water partition coefficient (Wildman–Crippen LogP) is -0.0905. The normalized spacial score (nSPS) is 25.0. The van der Waals surface area contributed by atoms with Gasteiger partial charge in [0.2, 0.25) is 5.91 Å². The Balaban J connectivity index is 2.04. The molecule has 1 aliphatic rings. The third-order valence-electron chi connectivity index (χ3n) is 3.45. The first-order valence-electron chi connectivity index (χ1n) is 5.93. The van der Waals surface area contributed by atoms with Gasteiger partial charge in [-0.3, -0.25) is 9.69 Å². The molecule has 0 radical (unpaired) electrons. The van der Waals surface area contributed by atoms with Crippen molar-refractivity contribution in [2.24, 2.45) is 17.5 Å². The summed E-state index contributed by atoms with van der Waals surface area (Å²) in [5, 5.41) is 4.82. The van der Waals surface area contributed by atoms with Crippen LogP contribution < -0.4 is 17.0 Å². The standard InChI is InChI=1S/C10H18N6OS/c1-6-2-3-7(9(11)17)4-16(6)5-8-10(13-12)18-15-14-8/h6-7,13H,2-5,12H2,1H3,(H2,11,17). The van der Waals surface area contributed by atoms with E-state index in [1.807, 2.05) is 0 Å². The van der Waals surface area contributed by atoms with Crippen molar-refractivity contribution < 1.29 is 4.79 Å². The van der Waals surface area contributed by atoms with Gasteiger partial charge in [0, 0.05) is 30.7 Å². The summed E-state index contributed by atoms with van der Waals surface area (Å²) in [5.74, 6) is 5.11. The van der Waals surface area contributed by atoms with Gasteiger partial charge in [-0.05, 0) is 19.8 Å². The number of anilines is 1. The molecule has 2 unspecified atom stereocenters. The fourth-order valence-electron chi connectivity index (χ4n) is 2.25. The summed E-state index contributed by atoms with van der Waals surface area (Å²) in [5.41, 5.74) is 8.79. The van der Waals surface area contributed by atoms with E-state index in [-0.39, 0.29) is 11.8 Å². The van der Waals surface area contributed by atoms with Gasteiger partial charge in [-0.1, -0.05) is 4.49 Å². The zero-order valence-electron chi connectivity index (χ0n) is 10.3. The van der Waals surface area contributed by atoms with E-state index < -0.39 is 0 Å². The van der Waals surface area contributed by atoms with Crippen molar-refractivity contribution >= 4 is 22.4 Å². The Morgan fingerprint density at radius 2 is 2.39 bits per heavy atom. The number of nitrogens with zero attached hydrogens (tertiary/aromatic N) is 3. The average molecular weight is 270 g/mol. The van der Waals surface area contributed by atoms with Crippen LogP contribution in [-0.2, 0) is 11.3 Å². The lowest BCUT2D eigenvalue weighted by atomic mass is 9.93. The number of nitrogen functional groups attached to an aromatic ring is 1. The van der Waals surface area contributed by atoms with E-state index in [0.717, 1.165) is 23.5 Å². The quantitative estimate of drug-likeness (QED) is 0.521. The van der Waals surface area contributed by atoms with Gasteiger partial charge >= 0.3 is 0 Å². The topological polar surface area (TPSA) is 110 Å². The maximum Gasteiger partial charge on any atom is 0.221 e. The van der Waals surface area contributed by atoms with Gasteiger partial charge in [-0.25, -0.2) is 5.84 Å². The molecule has 0 aromatic carbocycles. The van der Waals surface area contributed by atoms with Crippen LogP contribution in [0.3, 0.4) is 0 Å². The van der Waals surface area contributed by atoms with Gasteiger partial charge in [-0.2, -0.15) is 0 Å². The van der Waals surface area contributed by atoms with Crippen molar-refractivity contribution in [1.29, 1.82) is 0 Å². The molecule has 0 saturated carbocycles. The number of rotatable bonds is 4. The Bertz CT molecular complexity index is 422. The molecule has 0 spiro atoms. The molecular weight excluding hydrogens is 252 g/mol. The van der Waals surface area contributed by atoms with Crippen LogP contribution >= 0.6 is 11.5 Å². The lowest BCUT2D eigenvalue weighted by Gasteiger charge is -2.36. The molecule has 2 rings (SSSR count). The van der Waals surface area contributed by atoms with Crippen molar-refractivity contribution in [3.8, 4) is 0 Å². The zero-order chi connectivity index (χ0) is 13.1. The minimum Gasteiger partial charge on any atom is -0.369 e. The summed E-state index contributed by atoms with van der Waals surface area (Å²) in [7, 11) is 0. The van der Waals surface area contributed by atoms with E-state index in [9.17, 15) is 4.79 Å². The Morgan fingerprint density at radius 1 is 1.61 bits per heavy atom. The number of carbonyl (C=O) groups is 1. The number of nitrogens with two attached hydrogens (primary N) is 2. The second kappa shape index (κ2) is 5.59.